The fraction of sp³-hybridized carbons (Fsp3) is 0.360. The van der Waals surface area contributed by atoms with E-state index < -0.39 is 6.04 Å². The van der Waals surface area contributed by atoms with Crippen LogP contribution >= 0.6 is 15.9 Å². The number of morpholine rings is 1. The molecule has 1 amide bonds. The van der Waals surface area contributed by atoms with Crippen molar-refractivity contribution in [2.75, 3.05) is 39.4 Å². The highest BCUT2D eigenvalue weighted by Crippen LogP contribution is 2.38. The largest absolute Gasteiger partial charge is 0.450 e. The van der Waals surface area contributed by atoms with Gasteiger partial charge in [0.1, 0.15) is 18.7 Å². The van der Waals surface area contributed by atoms with Crippen LogP contribution in [-0.2, 0) is 4.74 Å². The topological polar surface area (TPSA) is 64.2 Å². The Morgan fingerprint density at radius 1 is 1.09 bits per heavy atom. The second-order valence-corrected chi connectivity index (χ2v) is 9.51. The third-order valence-electron chi connectivity index (χ3n) is 6.44. The Kier molecular flexibility index (Phi) is 5.88. The smallest absolute Gasteiger partial charge is 0.290 e. The van der Waals surface area contributed by atoms with Crippen molar-refractivity contribution < 1.29 is 18.8 Å². The molecule has 2 aliphatic heterocycles. The predicted molar refractivity (Wildman–Crippen MR) is 125 cm³/mol. The average molecular weight is 498 g/mol. The van der Waals surface area contributed by atoms with E-state index in [4.69, 9.17) is 9.15 Å². The lowest BCUT2D eigenvalue weighted by Gasteiger charge is -2.27. The molecule has 32 heavy (non-hydrogen) atoms. The summed E-state index contributed by atoms with van der Waals surface area (Å²) in [5.41, 5.74) is 2.70. The molecule has 0 saturated carbocycles. The molecule has 1 saturated heterocycles. The highest BCUT2D eigenvalue weighted by molar-refractivity contribution is 9.10. The lowest BCUT2D eigenvalue weighted by atomic mass is 9.98. The Balaban J connectivity index is 1.53. The Morgan fingerprint density at radius 2 is 1.84 bits per heavy atom. The van der Waals surface area contributed by atoms with Crippen LogP contribution in [0.15, 0.2) is 56.1 Å². The van der Waals surface area contributed by atoms with Gasteiger partial charge in [-0.3, -0.25) is 9.59 Å². The minimum absolute atomic E-state index is 0.118. The van der Waals surface area contributed by atoms with E-state index in [1.54, 1.807) is 6.07 Å². The summed E-state index contributed by atoms with van der Waals surface area (Å²) in [5.74, 6) is -0.0255. The van der Waals surface area contributed by atoms with Gasteiger partial charge in [0.05, 0.1) is 36.8 Å². The first-order valence-electron chi connectivity index (χ1n) is 11.1. The summed E-state index contributed by atoms with van der Waals surface area (Å²) in [5, 5.41) is 0.526. The molecular weight excluding hydrogens is 472 g/mol. The van der Waals surface area contributed by atoms with Crippen LogP contribution in [0.4, 0.5) is 0 Å². The molecule has 0 unspecified atom stereocenters. The summed E-state index contributed by atoms with van der Waals surface area (Å²) >= 11 is 3.48. The number of hydrogen-bond donors (Lipinski definition) is 1. The summed E-state index contributed by atoms with van der Waals surface area (Å²) < 4.78 is 12.4. The van der Waals surface area contributed by atoms with E-state index in [1.807, 2.05) is 48.2 Å². The quantitative estimate of drug-likeness (QED) is 0.588. The van der Waals surface area contributed by atoms with Gasteiger partial charge in [-0.25, -0.2) is 0 Å². The number of ether oxygens (including phenoxy) is 1. The van der Waals surface area contributed by atoms with Crippen LogP contribution in [0.1, 0.15) is 39.7 Å². The molecule has 2 aromatic carbocycles. The number of nitrogens with one attached hydrogen (secondary N) is 1. The van der Waals surface area contributed by atoms with E-state index in [0.29, 0.717) is 23.1 Å². The summed E-state index contributed by atoms with van der Waals surface area (Å²) in [7, 11) is 0. The number of carbonyl (C=O) groups is 1. The molecule has 1 aromatic heterocycles. The van der Waals surface area contributed by atoms with E-state index in [0.717, 1.165) is 54.9 Å². The number of benzene rings is 2. The molecule has 3 heterocycles. The van der Waals surface area contributed by atoms with Crippen molar-refractivity contribution in [1.29, 1.82) is 0 Å². The van der Waals surface area contributed by atoms with Gasteiger partial charge in [-0.2, -0.15) is 0 Å². The van der Waals surface area contributed by atoms with Gasteiger partial charge in [0.25, 0.3) is 5.91 Å². The molecule has 6 nitrogen and oxygen atoms in total. The summed E-state index contributed by atoms with van der Waals surface area (Å²) in [6.07, 6.45) is 0.856. The molecule has 1 N–H and O–H groups in total. The molecule has 1 atom stereocenters. The van der Waals surface area contributed by atoms with Crippen LogP contribution in [0, 0.1) is 6.92 Å². The summed E-state index contributed by atoms with van der Waals surface area (Å²) in [6, 6.07) is 12.9. The van der Waals surface area contributed by atoms with Crippen LogP contribution in [0.25, 0.3) is 11.0 Å². The van der Waals surface area contributed by atoms with Crippen molar-refractivity contribution >= 4 is 32.8 Å². The maximum atomic E-state index is 13.6. The number of carbonyl (C=O) groups excluding carboxylic acids is 1. The number of nitrogens with zero attached hydrogens (tertiary/aromatic N) is 1. The Hall–Kier alpha value is -2.48. The van der Waals surface area contributed by atoms with Gasteiger partial charge in [-0.15, -0.1) is 0 Å². The number of amides is 1. The number of quaternary nitrogens is 1. The predicted octanol–water partition coefficient (Wildman–Crippen LogP) is 2.71. The highest BCUT2D eigenvalue weighted by atomic mass is 79.9. The molecule has 7 heteroatoms. The van der Waals surface area contributed by atoms with Gasteiger partial charge in [0.15, 0.2) is 5.43 Å². The highest BCUT2D eigenvalue weighted by Gasteiger charge is 2.42. The average Bonchev–Trinajstić information content (AvgIpc) is 3.08. The zero-order valence-electron chi connectivity index (χ0n) is 18.0. The van der Waals surface area contributed by atoms with Gasteiger partial charge in [-0.1, -0.05) is 39.7 Å². The number of rotatable bonds is 5. The minimum atomic E-state index is -0.438. The zero-order chi connectivity index (χ0) is 22.2. The molecule has 2 aliphatic rings. The zero-order valence-corrected chi connectivity index (χ0v) is 19.6. The van der Waals surface area contributed by atoms with Crippen molar-refractivity contribution in [1.82, 2.24) is 4.90 Å². The SMILES string of the molecule is Cc1ccc2oc3c(c(=O)c2c1)[C@@H](c1ccc(Br)cc1)N(CCC[NH+]1CCOCC1)C3=O. The second kappa shape index (κ2) is 8.81. The molecule has 1 fully saturated rings. The first kappa shape index (κ1) is 21.4. The molecular formula is C25H26BrN2O4+. The molecule has 5 rings (SSSR count). The molecule has 3 aromatic rings. The van der Waals surface area contributed by atoms with E-state index >= 15 is 0 Å². The molecule has 0 aliphatic carbocycles. The first-order valence-corrected chi connectivity index (χ1v) is 11.9. The maximum absolute atomic E-state index is 13.6. The van der Waals surface area contributed by atoms with Crippen LogP contribution in [0.5, 0.6) is 0 Å². The van der Waals surface area contributed by atoms with E-state index in [2.05, 4.69) is 15.9 Å². The lowest BCUT2D eigenvalue weighted by molar-refractivity contribution is -0.908. The standard InChI is InChI=1S/C25H25BrN2O4/c1-16-3-8-20-19(15-16)23(29)21-22(17-4-6-18(26)7-5-17)28(25(30)24(21)32-20)10-2-9-27-11-13-31-14-12-27/h3-8,15,22H,2,9-14H2,1H3/p+1/t22-/m1/s1. The summed E-state index contributed by atoms with van der Waals surface area (Å²) in [6.45, 7) is 7.06. The van der Waals surface area contributed by atoms with Gasteiger partial charge in [-0.05, 0) is 36.8 Å². The van der Waals surface area contributed by atoms with Crippen LogP contribution < -0.4 is 10.3 Å². The van der Waals surface area contributed by atoms with E-state index in [1.165, 1.54) is 4.90 Å². The number of hydrogen-bond acceptors (Lipinski definition) is 4. The van der Waals surface area contributed by atoms with Crippen LogP contribution in [-0.4, -0.2) is 50.2 Å². The minimum Gasteiger partial charge on any atom is -0.450 e. The van der Waals surface area contributed by atoms with Crippen molar-refractivity contribution in [2.45, 2.75) is 19.4 Å². The van der Waals surface area contributed by atoms with E-state index in [-0.39, 0.29) is 17.1 Å². The van der Waals surface area contributed by atoms with Crippen LogP contribution in [0.3, 0.4) is 0 Å². The molecule has 166 valence electrons. The Bertz CT molecular complexity index is 1220. The number of aryl methyl sites for hydroxylation is 1. The summed E-state index contributed by atoms with van der Waals surface area (Å²) in [4.78, 5) is 30.3. The maximum Gasteiger partial charge on any atom is 0.290 e. The number of halogens is 1. The van der Waals surface area contributed by atoms with Crippen LogP contribution in [0.2, 0.25) is 0 Å². The second-order valence-electron chi connectivity index (χ2n) is 8.59. The Morgan fingerprint density at radius 3 is 2.59 bits per heavy atom. The van der Waals surface area contributed by atoms with Crippen molar-refractivity contribution in [2.24, 2.45) is 0 Å². The third-order valence-corrected chi connectivity index (χ3v) is 6.96. The normalized spacial score (nSPS) is 19.0. The van der Waals surface area contributed by atoms with E-state index in [9.17, 15) is 9.59 Å². The van der Waals surface area contributed by atoms with Gasteiger partial charge in [0.2, 0.25) is 5.76 Å². The monoisotopic (exact) mass is 497 g/mol. The molecule has 0 radical (unpaired) electrons. The number of fused-ring (bicyclic) bond motifs is 2. The van der Waals surface area contributed by atoms with Gasteiger partial charge < -0.3 is 19.0 Å². The first-order chi connectivity index (χ1) is 15.5. The van der Waals surface area contributed by atoms with Crippen molar-refractivity contribution in [3.63, 3.8) is 0 Å². The fourth-order valence-corrected chi connectivity index (χ4v) is 5.03. The van der Waals surface area contributed by atoms with Crippen molar-refractivity contribution in [3.05, 3.63) is 79.6 Å². The fourth-order valence-electron chi connectivity index (χ4n) is 4.77. The third kappa shape index (κ3) is 3.89. The molecule has 0 spiro atoms. The molecule has 0 bridgehead atoms. The lowest BCUT2D eigenvalue weighted by Crippen LogP contribution is -3.14. The van der Waals surface area contributed by atoms with Gasteiger partial charge >= 0.3 is 0 Å². The van der Waals surface area contributed by atoms with Crippen molar-refractivity contribution in [3.8, 4) is 0 Å². The van der Waals surface area contributed by atoms with Gasteiger partial charge in [0, 0.05) is 17.4 Å². The Labute approximate surface area is 194 Å².